The molecule has 0 unspecified atom stereocenters. The number of nitrogens with zero attached hydrogens (tertiary/aromatic N) is 17. The number of pyridine rings is 1. The molecular formula is C103H107N25O6S4. The van der Waals surface area contributed by atoms with Gasteiger partial charge in [-0.2, -0.15) is 0 Å². The summed E-state index contributed by atoms with van der Waals surface area (Å²) < 4.78 is 11.8. The van der Waals surface area contributed by atoms with Gasteiger partial charge in [0.1, 0.15) is 45.4 Å². The Morgan fingerprint density at radius 1 is 0.333 bits per heavy atom. The summed E-state index contributed by atoms with van der Waals surface area (Å²) in [6.45, 7) is 10.7. The first kappa shape index (κ1) is 91.8. The summed E-state index contributed by atoms with van der Waals surface area (Å²) in [7, 11) is 8.41. The van der Waals surface area contributed by atoms with Gasteiger partial charge in [-0.05, 0) is 257 Å². The molecule has 704 valence electrons. The summed E-state index contributed by atoms with van der Waals surface area (Å²) in [5, 5.41) is 9.05. The van der Waals surface area contributed by atoms with Gasteiger partial charge in [0, 0.05) is 92.3 Å². The monoisotopic (exact) mass is 1920 g/mol. The highest BCUT2D eigenvalue weighted by Gasteiger charge is 2.30. The van der Waals surface area contributed by atoms with E-state index < -0.39 is 0 Å². The lowest BCUT2D eigenvalue weighted by atomic mass is 9.81. The van der Waals surface area contributed by atoms with Crippen molar-refractivity contribution in [2.45, 2.75) is 177 Å². The van der Waals surface area contributed by atoms with Crippen molar-refractivity contribution in [2.24, 2.45) is 11.8 Å². The quantitative estimate of drug-likeness (QED) is 0.0285. The number of unbranched alkanes of at least 4 members (excludes halogenated alkanes) is 1. The van der Waals surface area contributed by atoms with Gasteiger partial charge in [0.15, 0.2) is 45.9 Å². The van der Waals surface area contributed by atoms with Crippen LogP contribution in [0.5, 0.6) is 0 Å². The second-order valence-corrected chi connectivity index (χ2v) is 40.5. The third kappa shape index (κ3) is 19.0. The first-order valence-electron chi connectivity index (χ1n) is 46.5. The van der Waals surface area contributed by atoms with Crippen molar-refractivity contribution >= 4 is 160 Å². The third-order valence-electron chi connectivity index (χ3n) is 26.5. The number of fused-ring (bicyclic) bond motifs is 12. The van der Waals surface area contributed by atoms with Crippen molar-refractivity contribution in [1.29, 1.82) is 0 Å². The third-order valence-corrected chi connectivity index (χ3v) is 30.9. The molecule has 0 atom stereocenters. The average molecular weight is 1920 g/mol. The number of hydrogen-bond donors (Lipinski definition) is 9. The fraction of sp³-hybridized carbons (Fsp3) is 0.291. The molecule has 138 heavy (non-hydrogen) atoms. The second kappa shape index (κ2) is 38.9. The zero-order valence-electron chi connectivity index (χ0n) is 78.0. The van der Waals surface area contributed by atoms with Crippen molar-refractivity contribution in [3.05, 3.63) is 285 Å². The maximum atomic E-state index is 12.7. The molecule has 0 bridgehead atoms. The summed E-state index contributed by atoms with van der Waals surface area (Å²) in [5.74, 6) is 4.93. The number of aromatic nitrogens is 17. The number of rotatable bonds is 22. The molecule has 23 rings (SSSR count). The molecule has 0 spiro atoms. The van der Waals surface area contributed by atoms with Gasteiger partial charge in [-0.1, -0.05) is 115 Å². The predicted octanol–water partition coefficient (Wildman–Crippen LogP) is 17.4. The number of ether oxygens (including phenoxy) is 1. The van der Waals surface area contributed by atoms with E-state index >= 15 is 0 Å². The van der Waals surface area contributed by atoms with Gasteiger partial charge < -0.3 is 72.3 Å². The summed E-state index contributed by atoms with van der Waals surface area (Å²) >= 11 is 7.12. The Kier molecular flexibility index (Phi) is 25.9. The normalized spacial score (nSPS) is 13.9. The van der Waals surface area contributed by atoms with Crippen LogP contribution in [0.3, 0.4) is 0 Å². The highest BCUT2D eigenvalue weighted by molar-refractivity contribution is 8.00. The fourth-order valence-corrected chi connectivity index (χ4v) is 23.9. The summed E-state index contributed by atoms with van der Waals surface area (Å²) in [6.07, 6.45) is 18.5. The molecule has 0 radical (unpaired) electrons. The molecule has 9 aromatic heterocycles. The molecule has 0 amide bonds. The largest absolute Gasteiger partial charge is 0.396 e. The number of aliphatic hydroxyl groups is 1. The number of aliphatic hydroxyl groups excluding tert-OH is 1. The lowest BCUT2D eigenvalue weighted by Crippen LogP contribution is -2.27. The molecule has 35 heteroatoms. The number of benzene rings is 8. The van der Waals surface area contributed by atoms with Crippen molar-refractivity contribution in [2.75, 3.05) is 90.5 Å². The van der Waals surface area contributed by atoms with Crippen molar-refractivity contribution < 1.29 is 9.84 Å². The van der Waals surface area contributed by atoms with Crippen LogP contribution < -0.4 is 65.3 Å². The van der Waals surface area contributed by atoms with E-state index in [4.69, 9.17) is 32.8 Å². The molecule has 14 heterocycles. The molecule has 1 aliphatic carbocycles. The molecule has 17 aromatic rings. The molecule has 8 aromatic carbocycles. The van der Waals surface area contributed by atoms with Crippen LogP contribution in [-0.4, -0.2) is 136 Å². The number of nitrogens with two attached hydrogens (primary N) is 4. The van der Waals surface area contributed by atoms with E-state index in [-0.39, 0.29) is 41.0 Å². The van der Waals surface area contributed by atoms with E-state index in [2.05, 4.69) is 264 Å². The Bertz CT molecular complexity index is 7630. The Morgan fingerprint density at radius 2 is 0.594 bits per heavy atom. The predicted molar refractivity (Wildman–Crippen MR) is 550 cm³/mol. The standard InChI is InChI=1S/C28H27N7OS.C26H28N6OS.C25H26N6O2S.C24H26N6O2S/c1-17-31-26(29)25-27(32-17)35(28(36)33-25)16-20-7-9-22-24(15-20)37-23-14-19(6-8-21(23)34(22)2)5-3-4-18-10-12-30-13-11-18;1-15-28-24(27)23-25(29-15)32(26(33)30-23)14-18-9-11-20-22(13-18)34-21-12-17(7-6-16-4-3-5-16)8-10-19(21)31(20)2;1-14-27-23(26)22-24(28-14)31(25(32)29-22)11-16-6-8-19-21(10-16)34-20-9-15(3-4-17-12-33-13-17)5-7-18(20)30(19)2;1-14-26-22(25)21-23(27-14)30(24(32)28-21)13-16-7-9-18-20(12-16)33-19-11-15(5-3-4-10-31)6-8-17(19)29(18)2/h6-15H,3-5,16H2,1-2H3,(H,33,36)(H2,29,31,32);8-13,16H,3-7,14H2,1-2H3,(H,30,33)(H2,27,28,29);5-10,17H,3-4,11-13H2,1-2H3,(H,29,32)(H2,26,27,28);6-9,11-12,31H,3-5,10,13H2,1-2H3,(H,28,32)(H2,25,26,27). The zero-order chi connectivity index (χ0) is 95.4. The number of H-pyrrole nitrogens is 4. The molecule has 1 saturated heterocycles. The van der Waals surface area contributed by atoms with E-state index in [0.717, 1.165) is 115 Å². The van der Waals surface area contributed by atoms with Crippen LogP contribution in [0.1, 0.15) is 125 Å². The number of aryl methyl sites for hydroxylation is 9. The van der Waals surface area contributed by atoms with Gasteiger partial charge in [-0.25, -0.2) is 59.0 Å². The summed E-state index contributed by atoms with van der Waals surface area (Å²) in [4.78, 5) is 119. The van der Waals surface area contributed by atoms with Crippen LogP contribution in [0.4, 0.5) is 68.8 Å². The Morgan fingerprint density at radius 3 is 0.862 bits per heavy atom. The lowest BCUT2D eigenvalue weighted by Gasteiger charge is -2.30. The topological polar surface area (TPSA) is 414 Å². The Labute approximate surface area is 812 Å². The van der Waals surface area contributed by atoms with Crippen LogP contribution in [0, 0.1) is 39.5 Å². The van der Waals surface area contributed by atoms with E-state index in [1.165, 1.54) is 123 Å². The van der Waals surface area contributed by atoms with E-state index in [9.17, 15) is 19.2 Å². The minimum absolute atomic E-state index is 0.231. The van der Waals surface area contributed by atoms with Crippen LogP contribution in [0.2, 0.25) is 0 Å². The van der Waals surface area contributed by atoms with Crippen LogP contribution in [0.15, 0.2) is 228 Å². The first-order valence-corrected chi connectivity index (χ1v) is 49.8. The van der Waals surface area contributed by atoms with Gasteiger partial charge in [-0.15, -0.1) is 0 Å². The highest BCUT2D eigenvalue weighted by Crippen LogP contribution is 2.53. The zero-order valence-corrected chi connectivity index (χ0v) is 81.3. The van der Waals surface area contributed by atoms with Crippen molar-refractivity contribution in [3.63, 3.8) is 0 Å². The summed E-state index contributed by atoms with van der Waals surface area (Å²) in [5.41, 5.74) is 47.4. The number of nitrogens with one attached hydrogen (secondary N) is 4. The maximum Gasteiger partial charge on any atom is 0.328 e. The number of anilines is 12. The molecule has 6 aliphatic rings. The van der Waals surface area contributed by atoms with E-state index in [1.807, 2.05) is 30.2 Å². The minimum Gasteiger partial charge on any atom is -0.396 e. The van der Waals surface area contributed by atoms with Crippen molar-refractivity contribution in [1.82, 2.24) is 83.1 Å². The molecule has 31 nitrogen and oxygen atoms in total. The first-order chi connectivity index (χ1) is 66.8. The number of aromatic amines is 4. The number of nitrogen functional groups attached to an aromatic ring is 4. The number of hydrogen-bond acceptors (Lipinski definition) is 27. The van der Waals surface area contributed by atoms with Gasteiger partial charge in [-0.3, -0.25) is 23.3 Å². The van der Waals surface area contributed by atoms with Crippen LogP contribution in [0.25, 0.3) is 44.7 Å². The Balaban J connectivity index is 0.000000114. The molecule has 2 fully saturated rings. The van der Waals surface area contributed by atoms with Crippen LogP contribution in [-0.2, 0) is 63.0 Å². The summed E-state index contributed by atoms with van der Waals surface area (Å²) in [6, 6.07) is 56.6. The fourth-order valence-electron chi connectivity index (χ4n) is 18.8. The van der Waals surface area contributed by atoms with E-state index in [0.29, 0.717) is 112 Å². The Hall–Kier alpha value is -14.0. The number of imidazole rings is 4. The van der Waals surface area contributed by atoms with Gasteiger partial charge in [0.2, 0.25) is 0 Å². The SMILES string of the molecule is Cc1nc(N)c2[nH]c(=O)n(Cc3ccc4c(c3)Sc3cc(CCC5CCC5)ccc3N4C)c2n1.Cc1nc(N)c2[nH]c(=O)n(Cc3ccc4c(c3)Sc3cc(CCC5COC5)ccc3N4C)c2n1.Cc1nc(N)c2[nH]c(=O)n(Cc3ccc4c(c3)Sc3cc(CCCCO)ccc3N4C)c2n1.Cc1nc(N)c2[nH]c(=O)n(Cc3ccc4c(c3)Sc3cc(CCCc5ccncc5)ccc3N4C)c2n1. The van der Waals surface area contributed by atoms with Gasteiger partial charge >= 0.3 is 22.8 Å². The van der Waals surface area contributed by atoms with Crippen LogP contribution >= 0.6 is 47.0 Å². The average Bonchev–Trinajstić information content (AvgIpc) is 1.24. The molecular weight excluding hydrogens is 1810 g/mol. The highest BCUT2D eigenvalue weighted by atomic mass is 32.2. The van der Waals surface area contributed by atoms with Gasteiger partial charge in [0.25, 0.3) is 0 Å². The van der Waals surface area contributed by atoms with Crippen molar-refractivity contribution in [3.8, 4) is 0 Å². The second-order valence-electron chi connectivity index (χ2n) is 36.2. The smallest absolute Gasteiger partial charge is 0.328 e. The lowest BCUT2D eigenvalue weighted by molar-refractivity contribution is -0.0352. The molecule has 1 saturated carbocycles. The van der Waals surface area contributed by atoms with Gasteiger partial charge in [0.05, 0.1) is 84.9 Å². The van der Waals surface area contributed by atoms with E-state index in [1.54, 1.807) is 81.2 Å². The maximum absolute atomic E-state index is 12.7. The minimum atomic E-state index is -0.253. The molecule has 5 aliphatic heterocycles. The molecule has 13 N–H and O–H groups in total.